The third-order valence-corrected chi connectivity index (χ3v) is 3.88. The van der Waals surface area contributed by atoms with Crippen molar-refractivity contribution in [2.45, 2.75) is 58.3 Å². The van der Waals surface area contributed by atoms with Crippen molar-refractivity contribution in [2.24, 2.45) is 0 Å². The third kappa shape index (κ3) is 14.5. The standard InChI is InChI=1S/C10H23O4PS/c1-2-3-4-5-6-7-8-9-10-16-14-15(11,12)13/h2-10H2,1H3,(H2,11,12,13). The number of phosphoric acid groups is 1. The molecule has 0 bridgehead atoms. The summed E-state index contributed by atoms with van der Waals surface area (Å²) in [4.78, 5) is 16.8. The van der Waals surface area contributed by atoms with Crippen LogP contribution < -0.4 is 0 Å². The number of rotatable bonds is 11. The van der Waals surface area contributed by atoms with Gasteiger partial charge in [0.05, 0.1) is 0 Å². The summed E-state index contributed by atoms with van der Waals surface area (Å²) in [7, 11) is -4.28. The lowest BCUT2D eigenvalue weighted by atomic mass is 10.1. The smallest absolute Gasteiger partial charge is 0.302 e. The van der Waals surface area contributed by atoms with Crippen LogP contribution >= 0.6 is 19.9 Å². The molecular formula is C10H23O4PS. The largest absolute Gasteiger partial charge is 0.480 e. The summed E-state index contributed by atoms with van der Waals surface area (Å²) >= 11 is 0.869. The van der Waals surface area contributed by atoms with Gasteiger partial charge in [0, 0.05) is 17.8 Å². The summed E-state index contributed by atoms with van der Waals surface area (Å²) < 4.78 is 14.6. The molecule has 0 amide bonds. The van der Waals surface area contributed by atoms with Crippen LogP contribution in [0.1, 0.15) is 58.3 Å². The van der Waals surface area contributed by atoms with Crippen molar-refractivity contribution in [3.8, 4) is 0 Å². The first-order valence-electron chi connectivity index (χ1n) is 5.93. The van der Waals surface area contributed by atoms with E-state index in [1.807, 2.05) is 0 Å². The minimum absolute atomic E-state index is 0.653. The molecule has 0 aliphatic carbocycles. The molecule has 0 aliphatic heterocycles. The molecule has 0 radical (unpaired) electrons. The van der Waals surface area contributed by atoms with E-state index >= 15 is 0 Å². The molecule has 0 spiro atoms. The van der Waals surface area contributed by atoms with Crippen LogP contribution in [0.25, 0.3) is 0 Å². The van der Waals surface area contributed by atoms with E-state index in [9.17, 15) is 4.57 Å². The molecule has 0 aromatic carbocycles. The molecule has 0 aromatic heterocycles. The van der Waals surface area contributed by atoms with E-state index < -0.39 is 7.82 Å². The Bertz CT molecular complexity index is 195. The minimum Gasteiger partial charge on any atom is -0.302 e. The van der Waals surface area contributed by atoms with E-state index in [0.717, 1.165) is 24.9 Å². The summed E-state index contributed by atoms with van der Waals surface area (Å²) in [5.41, 5.74) is 0. The summed E-state index contributed by atoms with van der Waals surface area (Å²) in [5.74, 6) is 0.653. The van der Waals surface area contributed by atoms with Gasteiger partial charge in [0.1, 0.15) is 0 Å². The molecule has 0 aromatic rings. The van der Waals surface area contributed by atoms with E-state index in [-0.39, 0.29) is 0 Å². The second kappa shape index (κ2) is 10.6. The van der Waals surface area contributed by atoms with Crippen molar-refractivity contribution in [3.63, 3.8) is 0 Å². The predicted octanol–water partition coefficient (Wildman–Crippen LogP) is 3.88. The Morgan fingerprint density at radius 3 is 2.00 bits per heavy atom. The Hall–Kier alpha value is 0.460. The Kier molecular flexibility index (Phi) is 10.9. The van der Waals surface area contributed by atoms with Gasteiger partial charge in [-0.1, -0.05) is 51.9 Å². The van der Waals surface area contributed by atoms with Gasteiger partial charge < -0.3 is 9.79 Å². The number of unbranched alkanes of at least 4 members (excludes halogenated alkanes) is 7. The second-order valence-corrected chi connectivity index (χ2v) is 6.08. The molecule has 0 aliphatic rings. The zero-order valence-electron chi connectivity index (χ0n) is 9.93. The highest BCUT2D eigenvalue weighted by Gasteiger charge is 2.13. The first-order valence-corrected chi connectivity index (χ1v) is 8.37. The molecule has 0 heterocycles. The molecule has 2 N–H and O–H groups in total. The Morgan fingerprint density at radius 2 is 1.50 bits per heavy atom. The van der Waals surface area contributed by atoms with Gasteiger partial charge in [-0.05, 0) is 6.42 Å². The maximum Gasteiger partial charge on any atom is 0.480 e. The van der Waals surface area contributed by atoms with Crippen molar-refractivity contribution in [1.82, 2.24) is 0 Å². The van der Waals surface area contributed by atoms with Gasteiger partial charge in [0.2, 0.25) is 0 Å². The fraction of sp³-hybridized carbons (Fsp3) is 1.00. The van der Waals surface area contributed by atoms with Crippen LogP contribution in [-0.2, 0) is 8.54 Å². The van der Waals surface area contributed by atoms with Gasteiger partial charge in [-0.3, -0.25) is 0 Å². The normalized spacial score (nSPS) is 11.9. The zero-order chi connectivity index (χ0) is 12.3. The molecule has 0 unspecified atom stereocenters. The number of hydrogen-bond acceptors (Lipinski definition) is 3. The lowest BCUT2D eigenvalue weighted by Gasteiger charge is -2.03. The molecular weight excluding hydrogens is 247 g/mol. The molecule has 0 saturated carbocycles. The highest BCUT2D eigenvalue weighted by molar-refractivity contribution is 7.97. The van der Waals surface area contributed by atoms with Crippen LogP contribution in [-0.4, -0.2) is 15.5 Å². The van der Waals surface area contributed by atoms with Crippen molar-refractivity contribution in [3.05, 3.63) is 0 Å². The molecule has 0 saturated heterocycles. The van der Waals surface area contributed by atoms with Crippen molar-refractivity contribution >= 4 is 19.9 Å². The van der Waals surface area contributed by atoms with E-state index in [2.05, 4.69) is 10.9 Å². The lowest BCUT2D eigenvalue weighted by Crippen LogP contribution is -1.85. The van der Waals surface area contributed by atoms with Crippen LogP contribution in [0.4, 0.5) is 0 Å². The maximum absolute atomic E-state index is 10.3. The average Bonchev–Trinajstić information content (AvgIpc) is 2.19. The zero-order valence-corrected chi connectivity index (χ0v) is 11.6. The van der Waals surface area contributed by atoms with Crippen molar-refractivity contribution in [2.75, 3.05) is 5.75 Å². The highest BCUT2D eigenvalue weighted by atomic mass is 32.2. The van der Waals surface area contributed by atoms with Crippen LogP contribution in [0.15, 0.2) is 0 Å². The second-order valence-electron chi connectivity index (χ2n) is 3.86. The first kappa shape index (κ1) is 16.5. The van der Waals surface area contributed by atoms with Crippen molar-refractivity contribution < 1.29 is 18.3 Å². The Labute approximate surface area is 103 Å². The molecule has 4 nitrogen and oxygen atoms in total. The van der Waals surface area contributed by atoms with Crippen LogP contribution in [0.3, 0.4) is 0 Å². The van der Waals surface area contributed by atoms with Gasteiger partial charge in [0.25, 0.3) is 0 Å². The van der Waals surface area contributed by atoms with Gasteiger partial charge in [-0.15, -0.1) is 0 Å². The highest BCUT2D eigenvalue weighted by Crippen LogP contribution is 2.41. The molecule has 16 heavy (non-hydrogen) atoms. The van der Waals surface area contributed by atoms with E-state index in [1.54, 1.807) is 0 Å². The molecule has 0 atom stereocenters. The monoisotopic (exact) mass is 270 g/mol. The number of hydrogen-bond donors (Lipinski definition) is 2. The summed E-state index contributed by atoms with van der Waals surface area (Å²) in [6, 6.07) is 0. The van der Waals surface area contributed by atoms with E-state index in [4.69, 9.17) is 9.79 Å². The fourth-order valence-corrected chi connectivity index (χ4v) is 2.57. The first-order chi connectivity index (χ1) is 7.56. The van der Waals surface area contributed by atoms with Crippen molar-refractivity contribution in [1.29, 1.82) is 0 Å². The molecule has 98 valence electrons. The topological polar surface area (TPSA) is 66.8 Å². The minimum atomic E-state index is -4.28. The predicted molar refractivity (Wildman–Crippen MR) is 68.2 cm³/mol. The quantitative estimate of drug-likeness (QED) is 0.339. The lowest BCUT2D eigenvalue weighted by molar-refractivity contribution is 0.298. The van der Waals surface area contributed by atoms with Crippen LogP contribution in [0.2, 0.25) is 0 Å². The maximum atomic E-state index is 10.3. The van der Waals surface area contributed by atoms with E-state index in [0.29, 0.717) is 5.75 Å². The Morgan fingerprint density at radius 1 is 1.00 bits per heavy atom. The van der Waals surface area contributed by atoms with E-state index in [1.165, 1.54) is 38.5 Å². The molecule has 6 heteroatoms. The van der Waals surface area contributed by atoms with Gasteiger partial charge >= 0.3 is 7.82 Å². The summed E-state index contributed by atoms with van der Waals surface area (Å²) in [6.45, 7) is 2.21. The molecule has 0 rings (SSSR count). The average molecular weight is 270 g/mol. The Balaban J connectivity index is 3.02. The van der Waals surface area contributed by atoms with Crippen LogP contribution in [0, 0.1) is 0 Å². The third-order valence-electron chi connectivity index (χ3n) is 2.23. The summed E-state index contributed by atoms with van der Waals surface area (Å²) in [6.07, 6.45) is 9.78. The molecule has 0 fully saturated rings. The van der Waals surface area contributed by atoms with Gasteiger partial charge in [-0.25, -0.2) is 8.54 Å². The fourth-order valence-electron chi connectivity index (χ4n) is 1.40. The van der Waals surface area contributed by atoms with Gasteiger partial charge in [-0.2, -0.15) is 0 Å². The summed E-state index contributed by atoms with van der Waals surface area (Å²) in [5, 5.41) is 0. The van der Waals surface area contributed by atoms with Gasteiger partial charge in [0.15, 0.2) is 0 Å². The van der Waals surface area contributed by atoms with Crippen LogP contribution in [0.5, 0.6) is 0 Å². The SMILES string of the molecule is CCCCCCCCCCSOP(=O)(O)O.